The van der Waals surface area contributed by atoms with E-state index in [1.54, 1.807) is 11.7 Å². The molecule has 1 aromatic heterocycles. The van der Waals surface area contributed by atoms with E-state index < -0.39 is 0 Å². The van der Waals surface area contributed by atoms with Gasteiger partial charge in [0.25, 0.3) is 0 Å². The van der Waals surface area contributed by atoms with Crippen molar-refractivity contribution in [1.29, 1.82) is 0 Å². The fraction of sp³-hybridized carbons (Fsp3) is 0.714. The zero-order valence-electron chi connectivity index (χ0n) is 7.74. The molecule has 0 saturated carbocycles. The van der Waals surface area contributed by atoms with Crippen LogP contribution in [0.4, 0.5) is 0 Å². The highest BCUT2D eigenvalue weighted by atomic mass is 32.1. The van der Waals surface area contributed by atoms with Gasteiger partial charge in [0.15, 0.2) is 10.6 Å². The first-order valence-electron chi connectivity index (χ1n) is 3.92. The lowest BCUT2D eigenvalue weighted by Gasteiger charge is -2.01. The second-order valence-electron chi connectivity index (χ2n) is 2.55. The molecule has 5 nitrogen and oxygen atoms in total. The van der Waals surface area contributed by atoms with Gasteiger partial charge in [0, 0.05) is 14.2 Å². The molecule has 1 N–H and O–H groups in total. The van der Waals surface area contributed by atoms with E-state index >= 15 is 0 Å². The molecule has 0 aliphatic carbocycles. The van der Waals surface area contributed by atoms with E-state index in [1.165, 1.54) is 0 Å². The molecule has 1 aromatic rings. The highest BCUT2D eigenvalue weighted by molar-refractivity contribution is 7.71. The molecule has 6 heteroatoms. The van der Waals surface area contributed by atoms with Crippen molar-refractivity contribution in [2.75, 3.05) is 20.3 Å². The molecule has 0 fully saturated rings. The molecule has 13 heavy (non-hydrogen) atoms. The zero-order chi connectivity index (χ0) is 9.68. The minimum atomic E-state index is 0.451. The SMILES string of the molecule is COCCOCc1n[nH]c(=S)n1C. The third-order valence-corrected chi connectivity index (χ3v) is 2.00. The first-order chi connectivity index (χ1) is 6.25. The molecular formula is C7H13N3O2S. The predicted molar refractivity (Wildman–Crippen MR) is 49.9 cm³/mol. The molecule has 0 aromatic carbocycles. The highest BCUT2D eigenvalue weighted by Gasteiger charge is 2.00. The van der Waals surface area contributed by atoms with Crippen LogP contribution in [0, 0.1) is 4.77 Å². The van der Waals surface area contributed by atoms with Gasteiger partial charge in [-0.25, -0.2) is 0 Å². The van der Waals surface area contributed by atoms with Crippen molar-refractivity contribution in [1.82, 2.24) is 14.8 Å². The molecule has 0 aliphatic rings. The number of hydrogen-bond acceptors (Lipinski definition) is 4. The summed E-state index contributed by atoms with van der Waals surface area (Å²) in [7, 11) is 3.49. The van der Waals surface area contributed by atoms with Gasteiger partial charge in [0.2, 0.25) is 0 Å². The van der Waals surface area contributed by atoms with E-state index in [2.05, 4.69) is 10.2 Å². The van der Waals surface area contributed by atoms with Gasteiger partial charge in [0.05, 0.1) is 13.2 Å². The van der Waals surface area contributed by atoms with Crippen LogP contribution in [0.3, 0.4) is 0 Å². The quantitative estimate of drug-likeness (QED) is 0.563. The molecule has 0 saturated heterocycles. The fourth-order valence-electron chi connectivity index (χ4n) is 0.814. The van der Waals surface area contributed by atoms with Crippen LogP contribution < -0.4 is 0 Å². The Hall–Kier alpha value is -0.720. The number of hydrogen-bond donors (Lipinski definition) is 1. The van der Waals surface area contributed by atoms with Gasteiger partial charge in [-0.1, -0.05) is 0 Å². The summed E-state index contributed by atoms with van der Waals surface area (Å²) in [5.74, 6) is 0.793. The Morgan fingerprint density at radius 1 is 1.54 bits per heavy atom. The lowest BCUT2D eigenvalue weighted by molar-refractivity contribution is 0.0575. The number of aromatic nitrogens is 3. The first kappa shape index (κ1) is 10.4. The van der Waals surface area contributed by atoms with Crippen LogP contribution in [-0.4, -0.2) is 35.1 Å². The summed E-state index contributed by atoms with van der Waals surface area (Å²) in [5, 5.41) is 6.68. The van der Waals surface area contributed by atoms with E-state index in [4.69, 9.17) is 21.7 Å². The van der Waals surface area contributed by atoms with Crippen molar-refractivity contribution in [3.05, 3.63) is 10.6 Å². The van der Waals surface area contributed by atoms with Crippen LogP contribution in [0.5, 0.6) is 0 Å². The molecule has 0 aliphatic heterocycles. The number of aromatic amines is 1. The summed E-state index contributed by atoms with van der Waals surface area (Å²) >= 11 is 4.94. The maximum absolute atomic E-state index is 5.28. The fourth-order valence-corrected chi connectivity index (χ4v) is 0.965. The van der Waals surface area contributed by atoms with Gasteiger partial charge >= 0.3 is 0 Å². The summed E-state index contributed by atoms with van der Waals surface area (Å²) in [4.78, 5) is 0. The van der Waals surface area contributed by atoms with Crippen LogP contribution in [-0.2, 0) is 23.1 Å². The van der Waals surface area contributed by atoms with Gasteiger partial charge in [-0.05, 0) is 12.2 Å². The Morgan fingerprint density at radius 2 is 2.31 bits per heavy atom. The van der Waals surface area contributed by atoms with Crippen molar-refractivity contribution in [2.24, 2.45) is 7.05 Å². The molecule has 0 amide bonds. The van der Waals surface area contributed by atoms with Gasteiger partial charge < -0.3 is 14.0 Å². The number of methoxy groups -OCH3 is 1. The Morgan fingerprint density at radius 3 is 2.85 bits per heavy atom. The van der Waals surface area contributed by atoms with Crippen molar-refractivity contribution >= 4 is 12.2 Å². The average Bonchev–Trinajstić information content (AvgIpc) is 2.43. The maximum atomic E-state index is 5.28. The van der Waals surface area contributed by atoms with Gasteiger partial charge in [-0.15, -0.1) is 0 Å². The van der Waals surface area contributed by atoms with Crippen molar-refractivity contribution < 1.29 is 9.47 Å². The van der Waals surface area contributed by atoms with Crippen LogP contribution in [0.1, 0.15) is 5.82 Å². The molecule has 0 radical (unpaired) electrons. The first-order valence-corrected chi connectivity index (χ1v) is 4.33. The third-order valence-electron chi connectivity index (χ3n) is 1.64. The van der Waals surface area contributed by atoms with Crippen molar-refractivity contribution in [3.63, 3.8) is 0 Å². The molecule has 1 rings (SSSR count). The van der Waals surface area contributed by atoms with Crippen LogP contribution >= 0.6 is 12.2 Å². The van der Waals surface area contributed by atoms with Crippen LogP contribution in [0.2, 0.25) is 0 Å². The second kappa shape index (κ2) is 5.11. The van der Waals surface area contributed by atoms with Gasteiger partial charge in [0.1, 0.15) is 6.61 Å². The lowest BCUT2D eigenvalue weighted by Crippen LogP contribution is -2.05. The number of rotatable bonds is 5. The Labute approximate surface area is 81.7 Å². The Kier molecular flexibility index (Phi) is 4.07. The monoisotopic (exact) mass is 203 g/mol. The second-order valence-corrected chi connectivity index (χ2v) is 2.94. The summed E-state index contributed by atoms with van der Waals surface area (Å²) < 4.78 is 12.5. The smallest absolute Gasteiger partial charge is 0.194 e. The summed E-state index contributed by atoms with van der Waals surface area (Å²) in [6.07, 6.45) is 0. The highest BCUT2D eigenvalue weighted by Crippen LogP contribution is 1.96. The summed E-state index contributed by atoms with van der Waals surface area (Å²) in [6.45, 7) is 1.61. The largest absolute Gasteiger partial charge is 0.382 e. The number of ether oxygens (including phenoxy) is 2. The van der Waals surface area contributed by atoms with E-state index in [-0.39, 0.29) is 0 Å². The molecule has 1 heterocycles. The number of nitrogens with one attached hydrogen (secondary N) is 1. The maximum Gasteiger partial charge on any atom is 0.194 e. The van der Waals surface area contributed by atoms with E-state index in [0.29, 0.717) is 24.6 Å². The number of H-pyrrole nitrogens is 1. The van der Waals surface area contributed by atoms with E-state index in [9.17, 15) is 0 Å². The minimum absolute atomic E-state index is 0.451. The molecule has 0 bridgehead atoms. The Bertz CT molecular complexity index is 307. The standard InChI is InChI=1S/C7H13N3O2S/c1-10-6(8-9-7(10)13)5-12-4-3-11-2/h3-5H2,1-2H3,(H,9,13). The molecular weight excluding hydrogens is 190 g/mol. The van der Waals surface area contributed by atoms with Crippen molar-refractivity contribution in [2.45, 2.75) is 6.61 Å². The van der Waals surface area contributed by atoms with Crippen LogP contribution in [0.15, 0.2) is 0 Å². The molecule has 74 valence electrons. The lowest BCUT2D eigenvalue weighted by atomic mass is 10.6. The summed E-state index contributed by atoms with van der Waals surface area (Å²) in [5.41, 5.74) is 0. The van der Waals surface area contributed by atoms with Crippen molar-refractivity contribution in [3.8, 4) is 0 Å². The normalized spacial score (nSPS) is 10.6. The average molecular weight is 203 g/mol. The summed E-state index contributed by atoms with van der Waals surface area (Å²) in [6, 6.07) is 0. The van der Waals surface area contributed by atoms with E-state index in [1.807, 2.05) is 7.05 Å². The topological polar surface area (TPSA) is 52.1 Å². The van der Waals surface area contributed by atoms with Crippen LogP contribution in [0.25, 0.3) is 0 Å². The minimum Gasteiger partial charge on any atom is -0.382 e. The zero-order valence-corrected chi connectivity index (χ0v) is 8.56. The molecule has 0 spiro atoms. The number of nitrogens with zero attached hydrogens (tertiary/aromatic N) is 2. The molecule has 0 atom stereocenters. The van der Waals surface area contributed by atoms with E-state index in [0.717, 1.165) is 5.82 Å². The third kappa shape index (κ3) is 2.91. The van der Waals surface area contributed by atoms with Gasteiger partial charge in [-0.2, -0.15) is 5.10 Å². The predicted octanol–water partition coefficient (Wildman–Crippen LogP) is 0.641. The molecule has 0 unspecified atom stereocenters. The Balaban J connectivity index is 2.37. The van der Waals surface area contributed by atoms with Gasteiger partial charge in [-0.3, -0.25) is 5.10 Å².